The summed E-state index contributed by atoms with van der Waals surface area (Å²) in [7, 11) is 2.62. The van der Waals surface area contributed by atoms with Gasteiger partial charge in [0.15, 0.2) is 5.75 Å². The Bertz CT molecular complexity index is 1480. The summed E-state index contributed by atoms with van der Waals surface area (Å²) in [5.74, 6) is -1.72. The lowest BCUT2D eigenvalue weighted by atomic mass is 10.0. The molecule has 0 fully saturated rings. The van der Waals surface area contributed by atoms with E-state index in [-0.39, 0.29) is 12.2 Å². The molecule has 0 bridgehead atoms. The molecule has 3 aromatic rings. The average Bonchev–Trinajstić information content (AvgIpc) is 3.03. The predicted molar refractivity (Wildman–Crippen MR) is 144 cm³/mol. The van der Waals surface area contributed by atoms with E-state index < -0.39 is 54.1 Å². The van der Waals surface area contributed by atoms with Gasteiger partial charge in [0.1, 0.15) is 24.4 Å². The number of likely N-dealkylation sites (N-methyl/N-ethyl adjacent to an activating group) is 1. The maximum absolute atomic E-state index is 14.0. The number of nitrogens with zero attached hydrogens (tertiary/aromatic N) is 2. The molecule has 0 aromatic heterocycles. The molecule has 3 aromatic carbocycles. The van der Waals surface area contributed by atoms with Gasteiger partial charge in [-0.25, -0.2) is 4.79 Å². The van der Waals surface area contributed by atoms with Crippen LogP contribution in [0.2, 0.25) is 0 Å². The zero-order chi connectivity index (χ0) is 29.4. The Morgan fingerprint density at radius 2 is 1.98 bits per heavy atom. The van der Waals surface area contributed by atoms with E-state index in [9.17, 15) is 32.7 Å². The number of amides is 3. The molecule has 2 N–H and O–H groups in total. The van der Waals surface area contributed by atoms with E-state index in [4.69, 9.17) is 9.47 Å². The predicted octanol–water partition coefficient (Wildman–Crippen LogP) is 5.04. The van der Waals surface area contributed by atoms with Gasteiger partial charge in [-0.05, 0) is 48.0 Å². The monoisotopic (exact) mass is 623 g/mol. The molecule has 0 aliphatic carbocycles. The van der Waals surface area contributed by atoms with Crippen LogP contribution in [-0.4, -0.2) is 60.8 Å². The SMILES string of the molecule is COc1ccc2cc(Br)ccc2c1CN1C(=O)[C@@H](NC(=O)[C@H](C)N(C)C(=O)O)COc2c1cccc2C(F)(F)F. The lowest BCUT2D eigenvalue weighted by Gasteiger charge is -2.28. The van der Waals surface area contributed by atoms with E-state index in [1.54, 1.807) is 18.2 Å². The highest BCUT2D eigenvalue weighted by molar-refractivity contribution is 9.10. The number of methoxy groups -OCH3 is 1. The van der Waals surface area contributed by atoms with Gasteiger partial charge in [0.25, 0.3) is 5.91 Å². The molecule has 1 aliphatic rings. The van der Waals surface area contributed by atoms with Gasteiger partial charge in [-0.1, -0.05) is 34.1 Å². The maximum atomic E-state index is 14.0. The smallest absolute Gasteiger partial charge is 0.420 e. The molecular formula is C27H25BrF3N3O6. The van der Waals surface area contributed by atoms with Gasteiger partial charge in [0, 0.05) is 17.1 Å². The number of para-hydroxylation sites is 1. The molecule has 40 heavy (non-hydrogen) atoms. The Balaban J connectivity index is 1.82. The number of rotatable bonds is 6. The van der Waals surface area contributed by atoms with Crippen molar-refractivity contribution in [3.8, 4) is 11.5 Å². The minimum atomic E-state index is -4.79. The molecule has 0 radical (unpaired) electrons. The molecule has 0 saturated carbocycles. The summed E-state index contributed by atoms with van der Waals surface area (Å²) in [6.07, 6.45) is -6.16. The van der Waals surface area contributed by atoms with Crippen LogP contribution in [0.5, 0.6) is 11.5 Å². The second-order valence-corrected chi connectivity index (χ2v) is 10.0. The normalized spacial score (nSPS) is 16.0. The fourth-order valence-corrected chi connectivity index (χ4v) is 4.79. The number of anilines is 1. The van der Waals surface area contributed by atoms with Crippen molar-refractivity contribution in [2.75, 3.05) is 25.7 Å². The first kappa shape index (κ1) is 29.0. The number of alkyl halides is 3. The van der Waals surface area contributed by atoms with Crippen LogP contribution in [0, 0.1) is 0 Å². The van der Waals surface area contributed by atoms with E-state index in [0.29, 0.717) is 16.7 Å². The number of halogens is 4. The Morgan fingerprint density at radius 3 is 2.62 bits per heavy atom. The van der Waals surface area contributed by atoms with Gasteiger partial charge in [-0.15, -0.1) is 0 Å². The third-order valence-corrected chi connectivity index (χ3v) is 7.21. The molecule has 0 saturated heterocycles. The molecule has 212 valence electrons. The summed E-state index contributed by atoms with van der Waals surface area (Å²) in [6.45, 7) is 0.499. The molecule has 4 rings (SSSR count). The fourth-order valence-electron chi connectivity index (χ4n) is 4.41. The van der Waals surface area contributed by atoms with Crippen LogP contribution in [-0.2, 0) is 22.3 Å². The van der Waals surface area contributed by atoms with Crippen molar-refractivity contribution in [2.45, 2.75) is 31.7 Å². The molecule has 13 heteroatoms. The number of ether oxygens (including phenoxy) is 2. The number of benzene rings is 3. The lowest BCUT2D eigenvalue weighted by molar-refractivity contribution is -0.139. The van der Waals surface area contributed by atoms with Crippen molar-refractivity contribution >= 4 is 50.3 Å². The van der Waals surface area contributed by atoms with Gasteiger partial charge >= 0.3 is 12.3 Å². The summed E-state index contributed by atoms with van der Waals surface area (Å²) >= 11 is 3.42. The molecule has 3 amide bonds. The highest BCUT2D eigenvalue weighted by atomic mass is 79.9. The van der Waals surface area contributed by atoms with E-state index in [0.717, 1.165) is 25.7 Å². The Morgan fingerprint density at radius 1 is 1.25 bits per heavy atom. The Kier molecular flexibility index (Phi) is 8.15. The minimum Gasteiger partial charge on any atom is -0.496 e. The van der Waals surface area contributed by atoms with Crippen molar-refractivity contribution in [3.63, 3.8) is 0 Å². The van der Waals surface area contributed by atoms with Crippen LogP contribution in [0.15, 0.2) is 53.0 Å². The molecule has 1 heterocycles. The first-order valence-electron chi connectivity index (χ1n) is 12.0. The number of carbonyl (C=O) groups excluding carboxylic acids is 2. The molecule has 0 spiro atoms. The van der Waals surface area contributed by atoms with Gasteiger partial charge in [-0.3, -0.25) is 14.5 Å². The van der Waals surface area contributed by atoms with E-state index >= 15 is 0 Å². The van der Waals surface area contributed by atoms with Crippen molar-refractivity contribution < 1.29 is 42.1 Å². The summed E-state index contributed by atoms with van der Waals surface area (Å²) in [5.41, 5.74) is -0.693. The minimum absolute atomic E-state index is 0.136. The second-order valence-electron chi connectivity index (χ2n) is 9.13. The summed E-state index contributed by atoms with van der Waals surface area (Å²) in [6, 6.07) is 9.70. The van der Waals surface area contributed by atoms with E-state index in [1.165, 1.54) is 33.2 Å². The molecule has 2 atom stereocenters. The van der Waals surface area contributed by atoms with Crippen LogP contribution in [0.4, 0.5) is 23.7 Å². The number of carboxylic acid groups (broad SMARTS) is 1. The summed E-state index contributed by atoms with van der Waals surface area (Å²) in [5, 5.41) is 13.2. The highest BCUT2D eigenvalue weighted by Gasteiger charge is 2.41. The fraction of sp³-hybridized carbons (Fsp3) is 0.296. The molecule has 1 aliphatic heterocycles. The standard InChI is InChI=1S/C27H25BrF3N3O6/c1-14(33(2)26(37)38)24(35)32-20-13-40-23-19(27(29,30)31)5-4-6-21(23)34(25(20)36)12-18-17-9-8-16(28)11-15(17)7-10-22(18)39-3/h4-11,14,20H,12-13H2,1-3H3,(H,32,35)(H,37,38)/t14-,20-/m0/s1. The first-order valence-corrected chi connectivity index (χ1v) is 12.8. The van der Waals surface area contributed by atoms with Gasteiger partial charge in [0.2, 0.25) is 5.91 Å². The van der Waals surface area contributed by atoms with Crippen LogP contribution in [0.25, 0.3) is 10.8 Å². The third-order valence-electron chi connectivity index (χ3n) is 6.71. The van der Waals surface area contributed by atoms with Crippen molar-refractivity contribution in [3.05, 3.63) is 64.1 Å². The van der Waals surface area contributed by atoms with Gasteiger partial charge in [0.05, 0.1) is 24.9 Å². The average molecular weight is 624 g/mol. The third kappa shape index (κ3) is 5.64. The van der Waals surface area contributed by atoms with Crippen LogP contribution in [0.1, 0.15) is 18.1 Å². The summed E-state index contributed by atoms with van der Waals surface area (Å²) in [4.78, 5) is 39.9. The van der Waals surface area contributed by atoms with Crippen molar-refractivity contribution in [1.29, 1.82) is 0 Å². The van der Waals surface area contributed by atoms with Crippen LogP contribution >= 0.6 is 15.9 Å². The topological polar surface area (TPSA) is 108 Å². The first-order chi connectivity index (χ1) is 18.8. The van der Waals surface area contributed by atoms with Gasteiger partial charge in [-0.2, -0.15) is 13.2 Å². The molecule has 9 nitrogen and oxygen atoms in total. The zero-order valence-electron chi connectivity index (χ0n) is 21.6. The van der Waals surface area contributed by atoms with Crippen molar-refractivity contribution in [1.82, 2.24) is 10.2 Å². The quantitative estimate of drug-likeness (QED) is 0.398. The van der Waals surface area contributed by atoms with Gasteiger partial charge < -0.3 is 24.8 Å². The van der Waals surface area contributed by atoms with Crippen LogP contribution < -0.4 is 19.7 Å². The molecule has 0 unspecified atom stereocenters. The zero-order valence-corrected chi connectivity index (χ0v) is 23.2. The Labute approximate surface area is 235 Å². The van der Waals surface area contributed by atoms with E-state index in [2.05, 4.69) is 21.2 Å². The maximum Gasteiger partial charge on any atom is 0.420 e. The highest BCUT2D eigenvalue weighted by Crippen LogP contribution is 2.44. The van der Waals surface area contributed by atoms with Crippen LogP contribution in [0.3, 0.4) is 0 Å². The lowest BCUT2D eigenvalue weighted by Crippen LogP contribution is -2.55. The van der Waals surface area contributed by atoms with Crippen molar-refractivity contribution in [2.24, 2.45) is 0 Å². The number of nitrogens with one attached hydrogen (secondary N) is 1. The summed E-state index contributed by atoms with van der Waals surface area (Å²) < 4.78 is 53.8. The number of hydrogen-bond acceptors (Lipinski definition) is 5. The molecular weight excluding hydrogens is 599 g/mol. The number of fused-ring (bicyclic) bond motifs is 2. The van der Waals surface area contributed by atoms with E-state index in [1.807, 2.05) is 12.1 Å². The Hall–Kier alpha value is -4.00. The largest absolute Gasteiger partial charge is 0.496 e. The number of carbonyl (C=O) groups is 3. The number of hydrogen-bond donors (Lipinski definition) is 2. The second kappa shape index (κ2) is 11.2.